The number of ether oxygens (including phenoxy) is 1. The molecular weight excluding hydrogens is 286 g/mol. The van der Waals surface area contributed by atoms with Crippen molar-refractivity contribution < 1.29 is 14.3 Å². The normalized spacial score (nSPS) is 11.4. The molecule has 0 aromatic heterocycles. The highest BCUT2D eigenvalue weighted by Crippen LogP contribution is 2.10. The molecule has 0 spiro atoms. The van der Waals surface area contributed by atoms with Crippen molar-refractivity contribution in [2.75, 3.05) is 12.9 Å². The minimum Gasteiger partial charge on any atom is -0.467 e. The molecule has 1 aromatic rings. The molecule has 4 nitrogen and oxygen atoms in total. The molecule has 1 rings (SSSR count). The van der Waals surface area contributed by atoms with Gasteiger partial charge in [-0.1, -0.05) is 30.3 Å². The highest BCUT2D eigenvalue weighted by atomic mass is 32.2. The van der Waals surface area contributed by atoms with E-state index in [0.29, 0.717) is 12.2 Å². The van der Waals surface area contributed by atoms with Crippen LogP contribution in [0.3, 0.4) is 0 Å². The molecule has 1 amide bonds. The number of methoxy groups -OCH3 is 1. The van der Waals surface area contributed by atoms with Gasteiger partial charge in [0, 0.05) is 12.2 Å². The number of hydrogen-bond donors (Lipinski definition) is 1. The van der Waals surface area contributed by atoms with Crippen molar-refractivity contribution in [1.29, 1.82) is 0 Å². The SMILES string of the molecule is COC(=O)C(C)(C)NC(=O)CCSC=Cc1ccccc1. The predicted octanol–water partition coefficient (Wildman–Crippen LogP) is 2.85. The van der Waals surface area contributed by atoms with Gasteiger partial charge in [0.25, 0.3) is 0 Å². The minimum atomic E-state index is -0.990. The van der Waals surface area contributed by atoms with E-state index in [0.717, 1.165) is 5.56 Å². The molecule has 0 heterocycles. The second-order valence-electron chi connectivity index (χ2n) is 5.00. The quantitative estimate of drug-likeness (QED) is 0.621. The highest BCUT2D eigenvalue weighted by Gasteiger charge is 2.29. The zero-order chi connectivity index (χ0) is 15.7. The summed E-state index contributed by atoms with van der Waals surface area (Å²) in [5, 5.41) is 4.63. The monoisotopic (exact) mass is 307 g/mol. The standard InChI is InChI=1S/C16H21NO3S/c1-16(2,15(19)20-3)17-14(18)10-12-21-11-9-13-7-5-4-6-8-13/h4-9,11H,10,12H2,1-3H3,(H,17,18). The van der Waals surface area contributed by atoms with Crippen LogP contribution in [0.25, 0.3) is 6.08 Å². The van der Waals surface area contributed by atoms with Crippen molar-refractivity contribution in [1.82, 2.24) is 5.32 Å². The van der Waals surface area contributed by atoms with E-state index in [1.807, 2.05) is 41.8 Å². The molecule has 0 atom stereocenters. The van der Waals surface area contributed by atoms with Gasteiger partial charge < -0.3 is 10.1 Å². The van der Waals surface area contributed by atoms with Gasteiger partial charge in [0.2, 0.25) is 5.91 Å². The van der Waals surface area contributed by atoms with Crippen LogP contribution in [-0.4, -0.2) is 30.3 Å². The van der Waals surface area contributed by atoms with Crippen LogP contribution in [0.2, 0.25) is 0 Å². The third-order valence-corrected chi connectivity index (χ3v) is 3.52. The first-order chi connectivity index (χ1) is 9.95. The summed E-state index contributed by atoms with van der Waals surface area (Å²) in [7, 11) is 1.31. The molecule has 21 heavy (non-hydrogen) atoms. The van der Waals surface area contributed by atoms with Crippen LogP contribution < -0.4 is 5.32 Å². The number of esters is 1. The average Bonchev–Trinajstić information content (AvgIpc) is 2.46. The largest absolute Gasteiger partial charge is 0.467 e. The molecule has 5 heteroatoms. The fourth-order valence-corrected chi connectivity index (χ4v) is 2.32. The number of rotatable bonds is 7. The van der Waals surface area contributed by atoms with Crippen molar-refractivity contribution >= 4 is 29.7 Å². The highest BCUT2D eigenvalue weighted by molar-refractivity contribution is 8.02. The fraction of sp³-hybridized carbons (Fsp3) is 0.375. The van der Waals surface area contributed by atoms with Crippen LogP contribution in [-0.2, 0) is 14.3 Å². The molecule has 0 aliphatic carbocycles. The number of nitrogens with one attached hydrogen (secondary N) is 1. The number of amides is 1. The predicted molar refractivity (Wildman–Crippen MR) is 86.8 cm³/mol. The third kappa shape index (κ3) is 6.49. The Morgan fingerprint density at radius 3 is 2.57 bits per heavy atom. The fourth-order valence-electron chi connectivity index (χ4n) is 1.63. The molecule has 0 unspecified atom stereocenters. The minimum absolute atomic E-state index is 0.161. The van der Waals surface area contributed by atoms with Crippen LogP contribution >= 0.6 is 11.8 Å². The first-order valence-corrected chi connectivity index (χ1v) is 7.73. The Morgan fingerprint density at radius 1 is 1.29 bits per heavy atom. The average molecular weight is 307 g/mol. The van der Waals surface area contributed by atoms with E-state index in [1.54, 1.807) is 25.6 Å². The lowest BCUT2D eigenvalue weighted by atomic mass is 10.1. The zero-order valence-corrected chi connectivity index (χ0v) is 13.4. The molecule has 0 saturated carbocycles. The lowest BCUT2D eigenvalue weighted by Gasteiger charge is -2.22. The van der Waals surface area contributed by atoms with Crippen LogP contribution in [0, 0.1) is 0 Å². The lowest BCUT2D eigenvalue weighted by molar-refractivity contribution is -0.149. The molecule has 0 aliphatic rings. The third-order valence-electron chi connectivity index (χ3n) is 2.75. The van der Waals surface area contributed by atoms with E-state index in [-0.39, 0.29) is 5.91 Å². The Morgan fingerprint density at radius 2 is 1.95 bits per heavy atom. The molecule has 0 fully saturated rings. The molecule has 0 aliphatic heterocycles. The van der Waals surface area contributed by atoms with Gasteiger partial charge in [-0.3, -0.25) is 4.79 Å². The van der Waals surface area contributed by atoms with Gasteiger partial charge in [-0.2, -0.15) is 0 Å². The van der Waals surface area contributed by atoms with Crippen molar-refractivity contribution in [3.8, 4) is 0 Å². The lowest BCUT2D eigenvalue weighted by Crippen LogP contribution is -2.50. The number of carbonyl (C=O) groups is 2. The summed E-state index contributed by atoms with van der Waals surface area (Å²) in [6.45, 7) is 3.25. The Hall–Kier alpha value is -1.75. The van der Waals surface area contributed by atoms with E-state index < -0.39 is 11.5 Å². The molecule has 0 bridgehead atoms. The maximum Gasteiger partial charge on any atom is 0.330 e. The summed E-state index contributed by atoms with van der Waals surface area (Å²) in [6.07, 6.45) is 2.35. The van der Waals surface area contributed by atoms with Gasteiger partial charge in [-0.25, -0.2) is 4.79 Å². The first-order valence-electron chi connectivity index (χ1n) is 6.68. The second-order valence-corrected chi connectivity index (χ2v) is 6.01. The summed E-state index contributed by atoms with van der Waals surface area (Å²) in [4.78, 5) is 23.2. The van der Waals surface area contributed by atoms with Gasteiger partial charge >= 0.3 is 5.97 Å². The molecular formula is C16H21NO3S. The molecule has 1 aromatic carbocycles. The van der Waals surface area contributed by atoms with Crippen molar-refractivity contribution in [2.45, 2.75) is 25.8 Å². The van der Waals surface area contributed by atoms with Gasteiger partial charge in [0.15, 0.2) is 0 Å². The van der Waals surface area contributed by atoms with Gasteiger partial charge in [0.05, 0.1) is 7.11 Å². The smallest absolute Gasteiger partial charge is 0.330 e. The van der Waals surface area contributed by atoms with E-state index in [2.05, 4.69) is 10.1 Å². The van der Waals surface area contributed by atoms with Gasteiger partial charge in [-0.15, -0.1) is 11.8 Å². The zero-order valence-electron chi connectivity index (χ0n) is 12.6. The van der Waals surface area contributed by atoms with Gasteiger partial charge in [0.1, 0.15) is 5.54 Å². The van der Waals surface area contributed by atoms with Crippen molar-refractivity contribution in [3.05, 3.63) is 41.3 Å². The maximum absolute atomic E-state index is 11.8. The van der Waals surface area contributed by atoms with E-state index >= 15 is 0 Å². The molecule has 1 N–H and O–H groups in total. The second kappa shape index (κ2) is 8.52. The summed E-state index contributed by atoms with van der Waals surface area (Å²) in [5.41, 5.74) is 0.136. The number of thioether (sulfide) groups is 1. The van der Waals surface area contributed by atoms with Crippen molar-refractivity contribution in [2.24, 2.45) is 0 Å². The summed E-state index contributed by atoms with van der Waals surface area (Å²) < 4.78 is 4.64. The summed E-state index contributed by atoms with van der Waals surface area (Å²) >= 11 is 1.56. The number of carbonyl (C=O) groups excluding carboxylic acids is 2. The summed E-state index contributed by atoms with van der Waals surface area (Å²) in [6, 6.07) is 9.96. The van der Waals surface area contributed by atoms with Crippen LogP contribution in [0.1, 0.15) is 25.8 Å². The van der Waals surface area contributed by atoms with Crippen molar-refractivity contribution in [3.63, 3.8) is 0 Å². The van der Waals surface area contributed by atoms with Crippen LogP contribution in [0.4, 0.5) is 0 Å². The topological polar surface area (TPSA) is 55.4 Å². The first kappa shape index (κ1) is 17.3. The van der Waals surface area contributed by atoms with Crippen LogP contribution in [0.5, 0.6) is 0 Å². The molecule has 0 radical (unpaired) electrons. The maximum atomic E-state index is 11.8. The van der Waals surface area contributed by atoms with E-state index in [4.69, 9.17) is 0 Å². The van der Waals surface area contributed by atoms with Crippen LogP contribution in [0.15, 0.2) is 35.7 Å². The summed E-state index contributed by atoms with van der Waals surface area (Å²) in [5.74, 6) is 0.0466. The van der Waals surface area contributed by atoms with E-state index in [1.165, 1.54) is 7.11 Å². The Kier molecular flexibility index (Phi) is 7.02. The van der Waals surface area contributed by atoms with E-state index in [9.17, 15) is 9.59 Å². The Bertz CT molecular complexity index is 498. The Balaban J connectivity index is 2.28. The molecule has 0 saturated heterocycles. The van der Waals surface area contributed by atoms with Gasteiger partial charge in [-0.05, 0) is 30.9 Å². The Labute approximate surface area is 130 Å². The number of hydrogen-bond acceptors (Lipinski definition) is 4. The number of benzene rings is 1. The molecule has 114 valence electrons.